The molecule has 0 atom stereocenters. The number of pyridine rings is 1. The Bertz CT molecular complexity index is 1420. The van der Waals surface area contributed by atoms with Gasteiger partial charge in [-0.1, -0.05) is 55.8 Å². The Labute approximate surface area is 197 Å². The highest BCUT2D eigenvalue weighted by Gasteiger charge is 2.14. The molecule has 8 heteroatoms. The summed E-state index contributed by atoms with van der Waals surface area (Å²) in [5, 5.41) is 11.5. The smallest absolute Gasteiger partial charge is 0.292 e. The molecule has 0 aliphatic carbocycles. The third-order valence-electron chi connectivity index (χ3n) is 5.82. The zero-order valence-corrected chi connectivity index (χ0v) is 19.0. The highest BCUT2D eigenvalue weighted by Crippen LogP contribution is 2.24. The van der Waals surface area contributed by atoms with Crippen LogP contribution in [0.5, 0.6) is 0 Å². The number of unbranched alkanes of at least 4 members (excludes halogenated alkanes) is 1. The Balaban J connectivity index is 1.46. The van der Waals surface area contributed by atoms with Crippen LogP contribution in [0.4, 0.5) is 0 Å². The summed E-state index contributed by atoms with van der Waals surface area (Å²) in [4.78, 5) is 18.0. The number of para-hydroxylation sites is 2. The number of nitrogens with zero attached hydrogens (tertiary/aromatic N) is 7. The van der Waals surface area contributed by atoms with Gasteiger partial charge in [0.2, 0.25) is 0 Å². The maximum absolute atomic E-state index is 13.3. The van der Waals surface area contributed by atoms with E-state index in [0.29, 0.717) is 6.54 Å². The van der Waals surface area contributed by atoms with Crippen LogP contribution >= 0.6 is 0 Å². The maximum atomic E-state index is 13.3. The molecule has 0 aliphatic rings. The van der Waals surface area contributed by atoms with Gasteiger partial charge in [0.15, 0.2) is 0 Å². The van der Waals surface area contributed by atoms with Crippen LogP contribution in [0.25, 0.3) is 22.6 Å². The molecule has 3 heterocycles. The average Bonchev–Trinajstić information content (AvgIpc) is 3.53. The first kappa shape index (κ1) is 21.5. The summed E-state index contributed by atoms with van der Waals surface area (Å²) in [5.74, 6) is 0. The lowest BCUT2D eigenvalue weighted by Gasteiger charge is -2.10. The topological polar surface area (TPSA) is 83.4 Å². The summed E-state index contributed by atoms with van der Waals surface area (Å²) in [6.07, 6.45) is 8.33. The first-order valence-electron chi connectivity index (χ1n) is 11.4. The first-order valence-corrected chi connectivity index (χ1v) is 11.4. The lowest BCUT2D eigenvalue weighted by atomic mass is 10.1. The molecule has 8 nitrogen and oxygen atoms in total. The molecule has 0 amide bonds. The van der Waals surface area contributed by atoms with E-state index >= 15 is 0 Å². The molecular formula is C26H25N7O. The van der Waals surface area contributed by atoms with Gasteiger partial charge >= 0.3 is 5.69 Å². The maximum Gasteiger partial charge on any atom is 0.333 e. The Morgan fingerprint density at radius 2 is 1.76 bits per heavy atom. The molecule has 2 aromatic carbocycles. The molecule has 170 valence electrons. The SMILES string of the molecule is CCCCc1cn(-c2ccccc2)c(=O)n1Cc1ccc(-c2ccccc2-n2cnnn2)nc1. The minimum Gasteiger partial charge on any atom is -0.292 e. The van der Waals surface area contributed by atoms with E-state index in [1.807, 2.05) is 83.7 Å². The number of benzene rings is 2. The fraction of sp³-hybridized carbons (Fsp3) is 0.192. The van der Waals surface area contributed by atoms with E-state index < -0.39 is 0 Å². The highest BCUT2D eigenvalue weighted by atomic mass is 16.1. The molecule has 5 rings (SSSR count). The van der Waals surface area contributed by atoms with Crippen molar-refractivity contribution in [3.63, 3.8) is 0 Å². The van der Waals surface area contributed by atoms with Crippen molar-refractivity contribution in [3.05, 3.63) is 107 Å². The average molecular weight is 452 g/mol. The predicted molar refractivity (Wildman–Crippen MR) is 130 cm³/mol. The molecule has 0 bridgehead atoms. The molecule has 5 aromatic rings. The van der Waals surface area contributed by atoms with Crippen molar-refractivity contribution in [2.24, 2.45) is 0 Å². The van der Waals surface area contributed by atoms with Crippen molar-refractivity contribution in [2.45, 2.75) is 32.7 Å². The number of rotatable bonds is 8. The monoisotopic (exact) mass is 451 g/mol. The molecule has 0 saturated heterocycles. The molecule has 0 unspecified atom stereocenters. The predicted octanol–water partition coefficient (Wildman–Crippen LogP) is 4.07. The van der Waals surface area contributed by atoms with Crippen molar-refractivity contribution >= 4 is 0 Å². The van der Waals surface area contributed by atoms with Gasteiger partial charge < -0.3 is 0 Å². The van der Waals surface area contributed by atoms with Gasteiger partial charge in [-0.2, -0.15) is 4.68 Å². The summed E-state index contributed by atoms with van der Waals surface area (Å²) in [7, 11) is 0. The number of aromatic nitrogens is 7. The highest BCUT2D eigenvalue weighted by molar-refractivity contribution is 5.69. The van der Waals surface area contributed by atoms with Crippen LogP contribution in [0, 0.1) is 0 Å². The minimum atomic E-state index is -0.0367. The molecule has 0 N–H and O–H groups in total. The lowest BCUT2D eigenvalue weighted by molar-refractivity contribution is 0.672. The second-order valence-corrected chi connectivity index (χ2v) is 8.12. The van der Waals surface area contributed by atoms with Crippen molar-refractivity contribution in [2.75, 3.05) is 0 Å². The van der Waals surface area contributed by atoms with Gasteiger partial charge in [-0.05, 0) is 53.1 Å². The zero-order chi connectivity index (χ0) is 23.3. The van der Waals surface area contributed by atoms with Crippen LogP contribution in [0.15, 0.2) is 90.2 Å². The number of aryl methyl sites for hydroxylation is 1. The van der Waals surface area contributed by atoms with Crippen LogP contribution in [0.2, 0.25) is 0 Å². The van der Waals surface area contributed by atoms with Gasteiger partial charge in [0.25, 0.3) is 0 Å². The van der Waals surface area contributed by atoms with E-state index in [0.717, 1.165) is 53.2 Å². The van der Waals surface area contributed by atoms with E-state index in [4.69, 9.17) is 4.98 Å². The van der Waals surface area contributed by atoms with Crippen molar-refractivity contribution < 1.29 is 0 Å². The third-order valence-corrected chi connectivity index (χ3v) is 5.82. The Kier molecular flexibility index (Phi) is 6.11. The van der Waals surface area contributed by atoms with Gasteiger partial charge in [0.1, 0.15) is 6.33 Å². The fourth-order valence-corrected chi connectivity index (χ4v) is 4.05. The second kappa shape index (κ2) is 9.66. The molecule has 3 aromatic heterocycles. The Hall–Kier alpha value is -4.33. The fourth-order valence-electron chi connectivity index (χ4n) is 4.05. The van der Waals surface area contributed by atoms with Crippen LogP contribution in [-0.4, -0.2) is 34.3 Å². The summed E-state index contributed by atoms with van der Waals surface area (Å²) < 4.78 is 5.21. The Morgan fingerprint density at radius 3 is 2.50 bits per heavy atom. The number of tetrazole rings is 1. The quantitative estimate of drug-likeness (QED) is 0.355. The van der Waals surface area contributed by atoms with Gasteiger partial charge in [-0.25, -0.2) is 4.79 Å². The van der Waals surface area contributed by atoms with Gasteiger partial charge in [0, 0.05) is 23.7 Å². The van der Waals surface area contributed by atoms with E-state index in [2.05, 4.69) is 22.4 Å². The lowest BCUT2D eigenvalue weighted by Crippen LogP contribution is -2.24. The van der Waals surface area contributed by atoms with Crippen LogP contribution in [-0.2, 0) is 13.0 Å². The summed E-state index contributed by atoms with van der Waals surface area (Å²) in [6.45, 7) is 2.63. The summed E-state index contributed by atoms with van der Waals surface area (Å²) in [6, 6.07) is 21.6. The van der Waals surface area contributed by atoms with Gasteiger partial charge in [-0.3, -0.25) is 14.1 Å². The van der Waals surface area contributed by atoms with Gasteiger partial charge in [-0.15, -0.1) is 5.10 Å². The normalized spacial score (nSPS) is 11.1. The molecule has 34 heavy (non-hydrogen) atoms. The van der Waals surface area contributed by atoms with Crippen molar-refractivity contribution in [1.29, 1.82) is 0 Å². The molecule has 0 fully saturated rings. The van der Waals surface area contributed by atoms with E-state index in [9.17, 15) is 4.79 Å². The van der Waals surface area contributed by atoms with Crippen molar-refractivity contribution in [3.8, 4) is 22.6 Å². The van der Waals surface area contributed by atoms with Crippen LogP contribution in [0.3, 0.4) is 0 Å². The largest absolute Gasteiger partial charge is 0.333 e. The molecule has 0 aliphatic heterocycles. The second-order valence-electron chi connectivity index (χ2n) is 8.12. The number of hydrogen-bond donors (Lipinski definition) is 0. The molecule has 0 radical (unpaired) electrons. The first-order chi connectivity index (χ1) is 16.7. The Morgan fingerprint density at radius 1 is 0.941 bits per heavy atom. The van der Waals surface area contributed by atoms with Gasteiger partial charge in [0.05, 0.1) is 23.6 Å². The summed E-state index contributed by atoms with van der Waals surface area (Å²) in [5.41, 5.74) is 5.43. The zero-order valence-electron chi connectivity index (χ0n) is 19.0. The molecule has 0 saturated carbocycles. The standard InChI is InChI=1S/C26H25N7O/c1-2-3-9-22-18-32(21-10-5-4-6-11-21)26(34)31(22)17-20-14-15-24(27-16-20)23-12-7-8-13-25(23)33-19-28-29-30-33/h4-8,10-16,18-19H,2-3,9,17H2,1H3. The molecule has 0 spiro atoms. The summed E-state index contributed by atoms with van der Waals surface area (Å²) >= 11 is 0. The van der Waals surface area contributed by atoms with E-state index in [1.165, 1.54) is 0 Å². The van der Waals surface area contributed by atoms with E-state index in [1.54, 1.807) is 15.6 Å². The van der Waals surface area contributed by atoms with E-state index in [-0.39, 0.29) is 5.69 Å². The minimum absolute atomic E-state index is 0.0367. The van der Waals surface area contributed by atoms with Crippen LogP contribution < -0.4 is 5.69 Å². The van der Waals surface area contributed by atoms with Crippen molar-refractivity contribution in [1.82, 2.24) is 34.3 Å². The van der Waals surface area contributed by atoms with Crippen LogP contribution in [0.1, 0.15) is 31.0 Å². The number of hydrogen-bond acceptors (Lipinski definition) is 5. The molecular weight excluding hydrogens is 426 g/mol. The third kappa shape index (κ3) is 4.30. The number of imidazole rings is 1.